The first kappa shape index (κ1) is 16.8. The van der Waals surface area contributed by atoms with Crippen LogP contribution in [0, 0.1) is 0 Å². The maximum atomic E-state index is 11.4. The molecule has 1 aromatic rings. The molecule has 0 spiro atoms. The van der Waals surface area contributed by atoms with E-state index in [0.29, 0.717) is 13.0 Å². The molecule has 22 heavy (non-hydrogen) atoms. The summed E-state index contributed by atoms with van der Waals surface area (Å²) >= 11 is 0. The van der Waals surface area contributed by atoms with Gasteiger partial charge in [0.05, 0.1) is 5.92 Å². The highest BCUT2D eigenvalue weighted by atomic mass is 16.5. The van der Waals surface area contributed by atoms with Gasteiger partial charge >= 0.3 is 5.97 Å². The molecule has 0 radical (unpaired) electrons. The number of hydrogen-bond acceptors (Lipinski definition) is 3. The van der Waals surface area contributed by atoms with Crippen LogP contribution in [-0.4, -0.2) is 42.2 Å². The Morgan fingerprint density at radius 1 is 1.27 bits per heavy atom. The second kappa shape index (κ2) is 8.79. The molecule has 1 unspecified atom stereocenters. The van der Waals surface area contributed by atoms with Crippen molar-refractivity contribution in [2.24, 2.45) is 0 Å². The van der Waals surface area contributed by atoms with E-state index in [4.69, 9.17) is 4.74 Å². The summed E-state index contributed by atoms with van der Waals surface area (Å²) in [6, 6.07) is 7.56. The van der Waals surface area contributed by atoms with Gasteiger partial charge in [-0.2, -0.15) is 0 Å². The molecule has 122 valence electrons. The lowest BCUT2D eigenvalue weighted by Gasteiger charge is -2.16. The largest absolute Gasteiger partial charge is 0.492 e. The Kier molecular flexibility index (Phi) is 6.72. The van der Waals surface area contributed by atoms with Gasteiger partial charge in [0.1, 0.15) is 12.4 Å². The molecule has 0 bridgehead atoms. The molecule has 1 saturated heterocycles. The minimum atomic E-state index is -0.740. The van der Waals surface area contributed by atoms with E-state index in [0.717, 1.165) is 30.7 Å². The molecule has 0 aromatic heterocycles. The fraction of sp³-hybridized carbons (Fsp3) is 0.611. The normalized spacial score (nSPS) is 16.6. The van der Waals surface area contributed by atoms with Gasteiger partial charge in [-0.3, -0.25) is 9.69 Å². The molecular weight excluding hydrogens is 278 g/mol. The lowest BCUT2D eigenvalue weighted by atomic mass is 9.94. The summed E-state index contributed by atoms with van der Waals surface area (Å²) in [6.07, 6.45) is 5.24. The molecule has 4 heteroatoms. The fourth-order valence-corrected chi connectivity index (χ4v) is 2.94. The van der Waals surface area contributed by atoms with E-state index in [2.05, 4.69) is 11.8 Å². The molecule has 0 amide bonds. The molecule has 1 heterocycles. The predicted octanol–water partition coefficient (Wildman–Crippen LogP) is 3.52. The number of ether oxygens (including phenoxy) is 1. The Morgan fingerprint density at radius 2 is 1.95 bits per heavy atom. The molecule has 1 fully saturated rings. The van der Waals surface area contributed by atoms with Crippen LogP contribution in [0.3, 0.4) is 0 Å². The molecular formula is C18H27NO3. The van der Waals surface area contributed by atoms with Crippen molar-refractivity contribution >= 4 is 5.97 Å². The zero-order valence-electron chi connectivity index (χ0n) is 13.5. The Bertz CT molecular complexity index is 452. The monoisotopic (exact) mass is 305 g/mol. The lowest BCUT2D eigenvalue weighted by Crippen LogP contribution is -2.25. The Morgan fingerprint density at radius 3 is 2.55 bits per heavy atom. The average molecular weight is 305 g/mol. The summed E-state index contributed by atoms with van der Waals surface area (Å²) in [5.41, 5.74) is 0.868. The topological polar surface area (TPSA) is 49.8 Å². The maximum absolute atomic E-state index is 11.4. The van der Waals surface area contributed by atoms with Gasteiger partial charge in [0.25, 0.3) is 0 Å². The van der Waals surface area contributed by atoms with E-state index in [9.17, 15) is 9.90 Å². The first-order valence-corrected chi connectivity index (χ1v) is 8.38. The molecule has 1 atom stereocenters. The zero-order valence-corrected chi connectivity index (χ0v) is 13.5. The van der Waals surface area contributed by atoms with Crippen LogP contribution in [0.25, 0.3) is 0 Å². The summed E-state index contributed by atoms with van der Waals surface area (Å²) in [5, 5.41) is 9.35. The first-order valence-electron chi connectivity index (χ1n) is 8.38. The van der Waals surface area contributed by atoms with Gasteiger partial charge in [-0.1, -0.05) is 31.9 Å². The Labute approximate surface area is 133 Å². The number of aliphatic carboxylic acids is 1. The quantitative estimate of drug-likeness (QED) is 0.758. The van der Waals surface area contributed by atoms with Gasteiger partial charge in [-0.15, -0.1) is 0 Å². The number of unbranched alkanes of at least 4 members (excludes halogenated alkanes) is 1. The van der Waals surface area contributed by atoms with Gasteiger partial charge in [-0.05, 0) is 50.0 Å². The second-order valence-corrected chi connectivity index (χ2v) is 6.00. The Hall–Kier alpha value is -1.55. The summed E-state index contributed by atoms with van der Waals surface area (Å²) in [7, 11) is 0. The number of carboxylic acids is 1. The summed E-state index contributed by atoms with van der Waals surface area (Å²) < 4.78 is 5.76. The van der Waals surface area contributed by atoms with Crippen molar-refractivity contribution in [3.8, 4) is 5.75 Å². The van der Waals surface area contributed by atoms with Crippen LogP contribution >= 0.6 is 0 Å². The van der Waals surface area contributed by atoms with E-state index < -0.39 is 11.9 Å². The van der Waals surface area contributed by atoms with Crippen LogP contribution in [0.1, 0.15) is 50.5 Å². The van der Waals surface area contributed by atoms with Crippen molar-refractivity contribution in [3.63, 3.8) is 0 Å². The molecule has 0 saturated carbocycles. The fourth-order valence-electron chi connectivity index (χ4n) is 2.94. The first-order chi connectivity index (χ1) is 10.7. The summed E-state index contributed by atoms with van der Waals surface area (Å²) in [4.78, 5) is 13.8. The molecule has 1 N–H and O–H groups in total. The number of benzene rings is 1. The third kappa shape index (κ3) is 5.02. The van der Waals surface area contributed by atoms with E-state index >= 15 is 0 Å². The van der Waals surface area contributed by atoms with Gasteiger partial charge in [0, 0.05) is 6.54 Å². The van der Waals surface area contributed by atoms with Crippen molar-refractivity contribution < 1.29 is 14.6 Å². The van der Waals surface area contributed by atoms with Crippen LogP contribution in [0.2, 0.25) is 0 Å². The number of hydrogen-bond donors (Lipinski definition) is 1. The van der Waals surface area contributed by atoms with Gasteiger partial charge < -0.3 is 9.84 Å². The van der Waals surface area contributed by atoms with E-state index in [1.54, 1.807) is 0 Å². The summed E-state index contributed by atoms with van der Waals surface area (Å²) in [5.74, 6) is -0.322. The highest BCUT2D eigenvalue weighted by Crippen LogP contribution is 2.24. The number of carbonyl (C=O) groups is 1. The standard InChI is InChI=1S/C18H27NO3/c1-2-3-6-17(18(20)21)15-7-9-16(10-8-15)22-14-13-19-11-4-5-12-19/h7-10,17H,2-6,11-14H2,1H3,(H,20,21). The molecule has 1 aliphatic heterocycles. The van der Waals surface area contributed by atoms with Crippen molar-refractivity contribution in [2.45, 2.75) is 44.9 Å². The van der Waals surface area contributed by atoms with E-state index in [-0.39, 0.29) is 0 Å². The van der Waals surface area contributed by atoms with Crippen LogP contribution in [0.5, 0.6) is 5.75 Å². The second-order valence-electron chi connectivity index (χ2n) is 6.00. The van der Waals surface area contributed by atoms with Crippen molar-refractivity contribution in [1.82, 2.24) is 4.90 Å². The molecule has 1 aliphatic rings. The third-order valence-electron chi connectivity index (χ3n) is 4.30. The molecule has 0 aliphatic carbocycles. The number of likely N-dealkylation sites (tertiary alicyclic amines) is 1. The SMILES string of the molecule is CCCCC(C(=O)O)c1ccc(OCCN2CCCC2)cc1. The van der Waals surface area contributed by atoms with Crippen LogP contribution < -0.4 is 4.74 Å². The Balaban J connectivity index is 1.83. The van der Waals surface area contributed by atoms with E-state index in [1.165, 1.54) is 25.9 Å². The predicted molar refractivity (Wildman–Crippen MR) is 87.5 cm³/mol. The lowest BCUT2D eigenvalue weighted by molar-refractivity contribution is -0.139. The molecule has 4 nitrogen and oxygen atoms in total. The molecule has 1 aromatic carbocycles. The number of nitrogens with zero attached hydrogens (tertiary/aromatic N) is 1. The zero-order chi connectivity index (χ0) is 15.8. The minimum absolute atomic E-state index is 0.404. The molecule has 2 rings (SSSR count). The van der Waals surface area contributed by atoms with Gasteiger partial charge in [-0.25, -0.2) is 0 Å². The highest BCUT2D eigenvalue weighted by molar-refractivity contribution is 5.76. The number of rotatable bonds is 9. The minimum Gasteiger partial charge on any atom is -0.492 e. The van der Waals surface area contributed by atoms with Gasteiger partial charge in [0.2, 0.25) is 0 Å². The van der Waals surface area contributed by atoms with Crippen LogP contribution in [0.15, 0.2) is 24.3 Å². The maximum Gasteiger partial charge on any atom is 0.310 e. The smallest absolute Gasteiger partial charge is 0.310 e. The van der Waals surface area contributed by atoms with Crippen molar-refractivity contribution in [3.05, 3.63) is 29.8 Å². The van der Waals surface area contributed by atoms with Crippen LogP contribution in [-0.2, 0) is 4.79 Å². The van der Waals surface area contributed by atoms with Crippen molar-refractivity contribution in [2.75, 3.05) is 26.2 Å². The van der Waals surface area contributed by atoms with Crippen molar-refractivity contribution in [1.29, 1.82) is 0 Å². The van der Waals surface area contributed by atoms with Crippen LogP contribution in [0.4, 0.5) is 0 Å². The average Bonchev–Trinajstić information content (AvgIpc) is 3.02. The van der Waals surface area contributed by atoms with Gasteiger partial charge in [0.15, 0.2) is 0 Å². The number of carboxylic acid groups (broad SMARTS) is 1. The summed E-state index contributed by atoms with van der Waals surface area (Å²) in [6.45, 7) is 6.10. The van der Waals surface area contributed by atoms with E-state index in [1.807, 2.05) is 24.3 Å². The highest BCUT2D eigenvalue weighted by Gasteiger charge is 2.19. The third-order valence-corrected chi connectivity index (χ3v) is 4.30.